The van der Waals surface area contributed by atoms with Crippen LogP contribution in [0.25, 0.3) is 0 Å². The van der Waals surface area contributed by atoms with Crippen LogP contribution in [0.1, 0.15) is 74.2 Å². The average molecular weight is 509 g/mol. The van der Waals surface area contributed by atoms with Crippen molar-refractivity contribution in [3.63, 3.8) is 0 Å². The second-order valence-electron chi connectivity index (χ2n) is 10.00. The van der Waals surface area contributed by atoms with E-state index >= 15 is 0 Å². The highest BCUT2D eigenvalue weighted by atomic mass is 32.2. The van der Waals surface area contributed by atoms with E-state index in [9.17, 15) is 19.1 Å². The minimum atomic E-state index is -2.79. The summed E-state index contributed by atoms with van der Waals surface area (Å²) in [6.07, 6.45) is 13.2. The summed E-state index contributed by atoms with van der Waals surface area (Å²) in [5, 5.41) is 15.4. The third-order valence-electron chi connectivity index (χ3n) is 6.93. The van der Waals surface area contributed by atoms with Crippen LogP contribution in [0.5, 0.6) is 0 Å². The molecule has 2 amide bonds. The Bertz CT molecular complexity index is 1210. The minimum Gasteiger partial charge on any atom is -0.338 e. The quantitative estimate of drug-likeness (QED) is 0.324. The molecule has 0 spiro atoms. The van der Waals surface area contributed by atoms with E-state index in [0.717, 1.165) is 36.8 Å². The zero-order valence-corrected chi connectivity index (χ0v) is 22.0. The number of hydrogen-bond acceptors (Lipinski definition) is 5. The highest BCUT2D eigenvalue weighted by Crippen LogP contribution is 2.36. The van der Waals surface area contributed by atoms with Crippen LogP contribution in [0.15, 0.2) is 59.6 Å². The van der Waals surface area contributed by atoms with Crippen LogP contribution in [0.3, 0.4) is 0 Å². The number of nitrogens with zero attached hydrogens (tertiary/aromatic N) is 1. The van der Waals surface area contributed by atoms with Crippen LogP contribution in [-0.4, -0.2) is 33.4 Å². The van der Waals surface area contributed by atoms with Crippen molar-refractivity contribution in [1.82, 2.24) is 10.6 Å². The molecule has 0 aliphatic heterocycles. The Kier molecular flexibility index (Phi) is 8.57. The summed E-state index contributed by atoms with van der Waals surface area (Å²) in [5.41, 5.74) is 0.433. The largest absolute Gasteiger partial charge is 0.338 e. The first-order valence-corrected chi connectivity index (χ1v) is 14.4. The number of carbonyl (C=O) groups is 2. The van der Waals surface area contributed by atoms with Crippen LogP contribution >= 0.6 is 0 Å². The van der Waals surface area contributed by atoms with Gasteiger partial charge in [-0.1, -0.05) is 62.1 Å². The van der Waals surface area contributed by atoms with Gasteiger partial charge in [0.15, 0.2) is 0 Å². The molecule has 2 saturated carbocycles. The summed E-state index contributed by atoms with van der Waals surface area (Å²) in [6.45, 7) is 5.79. The fraction of sp³-hybridized carbons (Fsp3) is 0.464. The van der Waals surface area contributed by atoms with Crippen LogP contribution in [-0.2, 0) is 20.9 Å². The molecule has 3 N–H and O–H groups in total. The van der Waals surface area contributed by atoms with E-state index in [1.54, 1.807) is 37.3 Å². The fourth-order valence-corrected chi connectivity index (χ4v) is 5.28. The predicted molar refractivity (Wildman–Crippen MR) is 143 cm³/mol. The molecule has 0 aromatic heterocycles. The minimum absolute atomic E-state index is 0.249. The number of nitrogens with one attached hydrogen (secondary N) is 3. The first-order valence-electron chi connectivity index (χ1n) is 12.4. The molecule has 3 rings (SSSR count). The standard InChI is InChI=1S/C28H36N4O3S/c1-4-24(36(3,30)35)14-9-21(2)19-22-10-12-23(13-11-22)25(33)31-28(15-7-5-6-8-16-28)26(34)32-27(20-29)17-18-27/h4,9-14,30H,2,5-8,15-19H2,1,3H3,(H,31,33)(H,32,34)/b14-9-,24-4+. The van der Waals surface area contributed by atoms with E-state index in [0.29, 0.717) is 42.6 Å². The molecule has 2 fully saturated rings. The van der Waals surface area contributed by atoms with Crippen molar-refractivity contribution >= 4 is 21.5 Å². The maximum absolute atomic E-state index is 13.3. The van der Waals surface area contributed by atoms with Crippen molar-refractivity contribution in [2.45, 2.75) is 75.8 Å². The first kappa shape index (κ1) is 27.4. The van der Waals surface area contributed by atoms with Crippen molar-refractivity contribution in [2.75, 3.05) is 6.26 Å². The summed E-state index contributed by atoms with van der Waals surface area (Å²) in [6, 6.07) is 9.39. The van der Waals surface area contributed by atoms with Gasteiger partial charge in [-0.2, -0.15) is 5.26 Å². The first-order chi connectivity index (χ1) is 17.0. The topological polar surface area (TPSA) is 123 Å². The van der Waals surface area contributed by atoms with E-state index in [2.05, 4.69) is 23.3 Å². The number of rotatable bonds is 9. The molecule has 0 heterocycles. The molecule has 36 heavy (non-hydrogen) atoms. The number of allylic oxidation sites excluding steroid dienone is 4. The van der Waals surface area contributed by atoms with Gasteiger partial charge in [-0.3, -0.25) is 9.59 Å². The molecule has 8 heteroatoms. The Balaban J connectivity index is 1.68. The molecular formula is C28H36N4O3S. The second-order valence-corrected chi connectivity index (χ2v) is 12.2. The molecule has 2 aliphatic carbocycles. The smallest absolute Gasteiger partial charge is 0.252 e. The van der Waals surface area contributed by atoms with Crippen LogP contribution in [0, 0.1) is 16.1 Å². The van der Waals surface area contributed by atoms with Gasteiger partial charge in [0.1, 0.15) is 11.1 Å². The van der Waals surface area contributed by atoms with E-state index in [4.69, 9.17) is 4.78 Å². The van der Waals surface area contributed by atoms with Gasteiger partial charge in [-0.25, -0.2) is 8.99 Å². The Hall–Kier alpha value is -3.18. The summed E-state index contributed by atoms with van der Waals surface area (Å²) >= 11 is 0. The molecule has 0 radical (unpaired) electrons. The molecule has 2 aliphatic rings. The van der Waals surface area contributed by atoms with Crippen LogP contribution in [0.2, 0.25) is 0 Å². The summed E-state index contributed by atoms with van der Waals surface area (Å²) in [5.74, 6) is -0.550. The SMILES string of the molecule is C=C(/C=C\C(=C/C)S(C)(=N)=O)Cc1ccc(C(=O)NC2(C(=O)NC3(C#N)CC3)CCCCCC2)cc1. The zero-order chi connectivity index (χ0) is 26.4. The van der Waals surface area contributed by atoms with Gasteiger partial charge in [-0.05, 0) is 62.8 Å². The normalized spacial score (nSPS) is 20.4. The van der Waals surface area contributed by atoms with E-state index < -0.39 is 20.8 Å². The molecule has 1 atom stereocenters. The molecule has 0 saturated heterocycles. The Morgan fingerprint density at radius 3 is 2.19 bits per heavy atom. The summed E-state index contributed by atoms with van der Waals surface area (Å²) in [7, 11) is -2.79. The molecule has 1 aromatic carbocycles. The Morgan fingerprint density at radius 2 is 1.69 bits per heavy atom. The maximum Gasteiger partial charge on any atom is 0.252 e. The van der Waals surface area contributed by atoms with Gasteiger partial charge in [0, 0.05) is 16.7 Å². The molecule has 192 valence electrons. The van der Waals surface area contributed by atoms with E-state index in [1.165, 1.54) is 6.26 Å². The predicted octanol–water partition coefficient (Wildman–Crippen LogP) is 4.92. The molecule has 7 nitrogen and oxygen atoms in total. The number of hydrogen-bond donors (Lipinski definition) is 3. The van der Waals surface area contributed by atoms with E-state index in [1.807, 2.05) is 12.1 Å². The monoisotopic (exact) mass is 508 g/mol. The highest BCUT2D eigenvalue weighted by molar-refractivity contribution is 7.95. The van der Waals surface area contributed by atoms with Gasteiger partial charge in [0.25, 0.3) is 5.91 Å². The number of amides is 2. The molecular weight excluding hydrogens is 472 g/mol. The molecule has 0 bridgehead atoms. The van der Waals surface area contributed by atoms with Crippen LogP contribution < -0.4 is 10.6 Å². The third-order valence-corrected chi connectivity index (χ3v) is 8.20. The van der Waals surface area contributed by atoms with Crippen LogP contribution in [0.4, 0.5) is 0 Å². The lowest BCUT2D eigenvalue weighted by Gasteiger charge is -2.33. The lowest BCUT2D eigenvalue weighted by atomic mass is 9.88. The molecule has 1 aromatic rings. The van der Waals surface area contributed by atoms with Crippen molar-refractivity contribution < 1.29 is 13.8 Å². The average Bonchev–Trinajstić information content (AvgIpc) is 3.63. The summed E-state index contributed by atoms with van der Waals surface area (Å²) < 4.78 is 19.7. The van der Waals surface area contributed by atoms with Gasteiger partial charge in [0.2, 0.25) is 5.91 Å². The van der Waals surface area contributed by atoms with Gasteiger partial charge in [0.05, 0.1) is 15.8 Å². The maximum atomic E-state index is 13.3. The highest BCUT2D eigenvalue weighted by Gasteiger charge is 2.49. The summed E-state index contributed by atoms with van der Waals surface area (Å²) in [4.78, 5) is 26.9. The Morgan fingerprint density at radius 1 is 1.08 bits per heavy atom. The number of carbonyl (C=O) groups excluding carboxylic acids is 2. The number of nitriles is 1. The fourth-order valence-electron chi connectivity index (χ4n) is 4.50. The molecule has 1 unspecified atom stereocenters. The lowest BCUT2D eigenvalue weighted by Crippen LogP contribution is -2.60. The van der Waals surface area contributed by atoms with Gasteiger partial charge < -0.3 is 10.6 Å². The van der Waals surface area contributed by atoms with Crippen molar-refractivity contribution in [3.8, 4) is 6.07 Å². The third kappa shape index (κ3) is 6.94. The van der Waals surface area contributed by atoms with Crippen molar-refractivity contribution in [2.24, 2.45) is 0 Å². The van der Waals surface area contributed by atoms with Crippen molar-refractivity contribution in [3.05, 3.63) is 70.7 Å². The van der Waals surface area contributed by atoms with Gasteiger partial charge in [-0.15, -0.1) is 0 Å². The zero-order valence-electron chi connectivity index (χ0n) is 21.2. The number of benzene rings is 1. The van der Waals surface area contributed by atoms with Crippen molar-refractivity contribution in [1.29, 1.82) is 10.0 Å². The van der Waals surface area contributed by atoms with E-state index in [-0.39, 0.29) is 11.8 Å². The lowest BCUT2D eigenvalue weighted by molar-refractivity contribution is -0.128. The Labute approximate surface area is 214 Å². The van der Waals surface area contributed by atoms with Gasteiger partial charge >= 0.3 is 0 Å². The second kappa shape index (κ2) is 11.3.